The second-order valence-corrected chi connectivity index (χ2v) is 6.56. The van der Waals surface area contributed by atoms with E-state index in [1.165, 1.54) is 26.0 Å². The number of benzene rings is 1. The van der Waals surface area contributed by atoms with Crippen molar-refractivity contribution < 1.29 is 23.5 Å². The monoisotopic (exact) mass is 469 g/mol. The first-order valence-corrected chi connectivity index (χ1v) is 7.65. The van der Waals surface area contributed by atoms with Crippen LogP contribution in [0.4, 0.5) is 10.1 Å². The summed E-state index contributed by atoms with van der Waals surface area (Å²) in [6.07, 6.45) is 1.14. The van der Waals surface area contributed by atoms with Gasteiger partial charge in [0.1, 0.15) is 5.82 Å². The Morgan fingerprint density at radius 2 is 1.86 bits per heavy atom. The SMILES string of the molecule is CC1(C)OC(=O)C(=CNc2cc(F)cc(Br)c2I)C(=O)O1. The van der Waals surface area contributed by atoms with Crippen molar-refractivity contribution in [2.24, 2.45) is 0 Å². The highest BCUT2D eigenvalue weighted by Crippen LogP contribution is 2.29. The molecule has 1 aromatic carbocycles. The van der Waals surface area contributed by atoms with Gasteiger partial charge in [-0.25, -0.2) is 14.0 Å². The maximum Gasteiger partial charge on any atom is 0.350 e. The van der Waals surface area contributed by atoms with Crippen molar-refractivity contribution in [1.82, 2.24) is 0 Å². The summed E-state index contributed by atoms with van der Waals surface area (Å²) < 4.78 is 24.5. The molecule has 0 bridgehead atoms. The lowest BCUT2D eigenvalue weighted by Gasteiger charge is -2.29. The van der Waals surface area contributed by atoms with Crippen LogP contribution in [0, 0.1) is 9.39 Å². The first kappa shape index (κ1) is 16.2. The molecule has 1 aromatic rings. The number of carbonyl (C=O) groups is 2. The second kappa shape index (κ2) is 5.91. The van der Waals surface area contributed by atoms with E-state index in [9.17, 15) is 14.0 Å². The summed E-state index contributed by atoms with van der Waals surface area (Å²) >= 11 is 5.20. The molecule has 21 heavy (non-hydrogen) atoms. The molecule has 1 N–H and O–H groups in total. The van der Waals surface area contributed by atoms with Gasteiger partial charge in [-0.1, -0.05) is 0 Å². The van der Waals surface area contributed by atoms with Crippen molar-refractivity contribution in [3.63, 3.8) is 0 Å². The number of carbonyl (C=O) groups excluding carboxylic acids is 2. The van der Waals surface area contributed by atoms with Crippen molar-refractivity contribution in [2.75, 3.05) is 5.32 Å². The third kappa shape index (κ3) is 3.73. The Bertz CT molecular complexity index is 638. The van der Waals surface area contributed by atoms with E-state index in [0.717, 1.165) is 6.20 Å². The van der Waals surface area contributed by atoms with Crippen LogP contribution in [0.1, 0.15) is 13.8 Å². The van der Waals surface area contributed by atoms with Crippen LogP contribution in [-0.4, -0.2) is 17.7 Å². The molecule has 112 valence electrons. The zero-order valence-corrected chi connectivity index (χ0v) is 14.7. The third-order valence-corrected chi connectivity index (χ3v) is 5.01. The Balaban J connectivity index is 2.26. The van der Waals surface area contributed by atoms with E-state index in [1.807, 2.05) is 22.6 Å². The molecule has 5 nitrogen and oxygen atoms in total. The number of halogens is 3. The highest BCUT2D eigenvalue weighted by Gasteiger charge is 2.38. The molecule has 1 aliphatic rings. The first-order valence-electron chi connectivity index (χ1n) is 5.77. The van der Waals surface area contributed by atoms with Gasteiger partial charge in [0, 0.05) is 24.5 Å². The van der Waals surface area contributed by atoms with Gasteiger partial charge in [0.05, 0.1) is 9.26 Å². The van der Waals surface area contributed by atoms with E-state index in [0.29, 0.717) is 13.7 Å². The normalized spacial score (nSPS) is 17.1. The quantitative estimate of drug-likeness (QED) is 0.237. The number of anilines is 1. The minimum Gasteiger partial charge on any atom is -0.419 e. The molecule has 0 unspecified atom stereocenters. The van der Waals surface area contributed by atoms with Gasteiger partial charge in [0.2, 0.25) is 0 Å². The third-order valence-electron chi connectivity index (χ3n) is 2.48. The minimum atomic E-state index is -1.29. The summed E-state index contributed by atoms with van der Waals surface area (Å²) in [5.41, 5.74) is 0.117. The van der Waals surface area contributed by atoms with Gasteiger partial charge in [-0.15, -0.1) is 0 Å². The summed E-state index contributed by atoms with van der Waals surface area (Å²) in [5.74, 6) is -3.34. The largest absolute Gasteiger partial charge is 0.419 e. The summed E-state index contributed by atoms with van der Waals surface area (Å²) in [7, 11) is 0. The molecule has 0 atom stereocenters. The molecule has 1 saturated heterocycles. The molecular weight excluding hydrogens is 460 g/mol. The molecule has 0 saturated carbocycles. The predicted molar refractivity (Wildman–Crippen MR) is 84.8 cm³/mol. The zero-order valence-electron chi connectivity index (χ0n) is 11.0. The summed E-state index contributed by atoms with van der Waals surface area (Å²) in [6, 6.07) is 2.55. The van der Waals surface area contributed by atoms with E-state index >= 15 is 0 Å². The van der Waals surface area contributed by atoms with Crippen LogP contribution in [-0.2, 0) is 19.1 Å². The molecule has 0 amide bonds. The van der Waals surface area contributed by atoms with Crippen LogP contribution in [0.5, 0.6) is 0 Å². The van der Waals surface area contributed by atoms with Gasteiger partial charge in [-0.2, -0.15) is 0 Å². The maximum absolute atomic E-state index is 13.4. The first-order chi connectivity index (χ1) is 9.69. The van der Waals surface area contributed by atoms with Crippen LogP contribution < -0.4 is 5.32 Å². The second-order valence-electron chi connectivity index (χ2n) is 4.63. The molecular formula is C13H10BrFINO4. The summed E-state index contributed by atoms with van der Waals surface area (Å²) in [4.78, 5) is 23.5. The molecule has 0 radical (unpaired) electrons. The van der Waals surface area contributed by atoms with E-state index in [4.69, 9.17) is 9.47 Å². The number of esters is 2. The number of cyclic esters (lactones) is 2. The van der Waals surface area contributed by atoms with Crippen molar-refractivity contribution in [3.05, 3.63) is 37.8 Å². The smallest absolute Gasteiger partial charge is 0.350 e. The highest BCUT2D eigenvalue weighted by molar-refractivity contribution is 14.1. The fraction of sp³-hybridized carbons (Fsp3) is 0.231. The molecule has 1 fully saturated rings. The maximum atomic E-state index is 13.4. The van der Waals surface area contributed by atoms with Gasteiger partial charge < -0.3 is 14.8 Å². The molecule has 8 heteroatoms. The number of rotatable bonds is 2. The highest BCUT2D eigenvalue weighted by atomic mass is 127. The fourth-order valence-electron chi connectivity index (χ4n) is 1.59. The Morgan fingerprint density at radius 1 is 1.29 bits per heavy atom. The predicted octanol–water partition coefficient (Wildman–Crippen LogP) is 3.32. The van der Waals surface area contributed by atoms with Crippen molar-refractivity contribution in [3.8, 4) is 0 Å². The Morgan fingerprint density at radius 3 is 2.43 bits per heavy atom. The zero-order chi connectivity index (χ0) is 15.8. The van der Waals surface area contributed by atoms with Crippen LogP contribution >= 0.6 is 38.5 Å². The Hall–Kier alpha value is -1.16. The molecule has 1 aliphatic heterocycles. The molecule has 0 aliphatic carbocycles. The van der Waals surface area contributed by atoms with Crippen LogP contribution in [0.15, 0.2) is 28.4 Å². The lowest BCUT2D eigenvalue weighted by molar-refractivity contribution is -0.222. The Kier molecular flexibility index (Phi) is 4.57. The van der Waals surface area contributed by atoms with Crippen molar-refractivity contribution in [2.45, 2.75) is 19.6 Å². The van der Waals surface area contributed by atoms with Crippen LogP contribution in [0.2, 0.25) is 0 Å². The average Bonchev–Trinajstić information content (AvgIpc) is 2.32. The van der Waals surface area contributed by atoms with Gasteiger partial charge in [-0.05, 0) is 50.7 Å². The lowest BCUT2D eigenvalue weighted by Crippen LogP contribution is -2.42. The van der Waals surface area contributed by atoms with E-state index in [2.05, 4.69) is 21.2 Å². The molecule has 2 rings (SSSR count). The van der Waals surface area contributed by atoms with Crippen LogP contribution in [0.25, 0.3) is 0 Å². The number of hydrogen-bond acceptors (Lipinski definition) is 5. The van der Waals surface area contributed by atoms with Crippen molar-refractivity contribution >= 4 is 56.1 Å². The van der Waals surface area contributed by atoms with E-state index in [1.54, 1.807) is 0 Å². The number of hydrogen-bond donors (Lipinski definition) is 1. The van der Waals surface area contributed by atoms with Crippen LogP contribution in [0.3, 0.4) is 0 Å². The Labute approximate surface area is 142 Å². The fourth-order valence-corrected chi connectivity index (χ4v) is 2.49. The average molecular weight is 470 g/mol. The molecule has 1 heterocycles. The summed E-state index contributed by atoms with van der Waals surface area (Å²) in [6.45, 7) is 2.92. The molecule has 0 spiro atoms. The molecule has 0 aromatic heterocycles. The van der Waals surface area contributed by atoms with Gasteiger partial charge in [0.25, 0.3) is 5.79 Å². The van der Waals surface area contributed by atoms with Crippen molar-refractivity contribution in [1.29, 1.82) is 0 Å². The lowest BCUT2D eigenvalue weighted by atomic mass is 10.2. The van der Waals surface area contributed by atoms with E-state index in [-0.39, 0.29) is 5.57 Å². The topological polar surface area (TPSA) is 64.6 Å². The van der Waals surface area contributed by atoms with Gasteiger partial charge >= 0.3 is 11.9 Å². The van der Waals surface area contributed by atoms with Gasteiger partial charge in [0.15, 0.2) is 5.57 Å². The number of ether oxygens (including phenoxy) is 2. The van der Waals surface area contributed by atoms with E-state index < -0.39 is 23.5 Å². The minimum absolute atomic E-state index is 0.287. The number of nitrogens with one attached hydrogen (secondary N) is 1. The standard InChI is InChI=1S/C13H10BrFINO4/c1-13(2)20-11(18)7(12(19)21-13)5-17-9-4-6(15)3-8(14)10(9)16/h3-5,17H,1-2H3. The summed E-state index contributed by atoms with van der Waals surface area (Å²) in [5, 5.41) is 2.71. The van der Waals surface area contributed by atoms with Gasteiger partial charge in [-0.3, -0.25) is 0 Å².